The number of aryl methyl sites for hydroxylation is 1. The lowest BCUT2D eigenvalue weighted by atomic mass is 9.84. The van der Waals surface area contributed by atoms with Crippen LogP contribution in [0.1, 0.15) is 25.7 Å². The number of rotatable bonds is 3. The van der Waals surface area contributed by atoms with Crippen LogP contribution < -0.4 is 15.6 Å². The number of nitrogens with zero attached hydrogens (tertiary/aromatic N) is 3. The number of hydrogen-bond acceptors (Lipinski definition) is 6. The predicted molar refractivity (Wildman–Crippen MR) is 110 cm³/mol. The molecular weight excluding hydrogens is 387 g/mol. The Hall–Kier alpha value is -3.00. The number of piperidine rings is 2. The highest BCUT2D eigenvalue weighted by atomic mass is 19.1. The standard InChI is InChI=1S/C22H23FN4O3/c1-27-8-7-12-9-18(28)15(11-14(12)22(27)29)16-5-6-20(26-25-16)30-19-10-13-3-2-4-17(24-13)21(19)23/h5-9,11,13,17,19,21,24,28H,2-4,10H2,1H3/t13?,17?,19-,21+/m0/s1. The van der Waals surface area contributed by atoms with Crippen LogP contribution in [0.3, 0.4) is 0 Å². The number of phenols is 1. The molecule has 2 fully saturated rings. The summed E-state index contributed by atoms with van der Waals surface area (Å²) in [5, 5.41) is 23.1. The van der Waals surface area contributed by atoms with Crippen molar-refractivity contribution in [3.63, 3.8) is 0 Å². The lowest BCUT2D eigenvalue weighted by Crippen LogP contribution is -2.59. The minimum Gasteiger partial charge on any atom is -0.507 e. The molecule has 2 bridgehead atoms. The first-order valence-electron chi connectivity index (χ1n) is 10.2. The molecule has 0 amide bonds. The molecule has 30 heavy (non-hydrogen) atoms. The average Bonchev–Trinajstić information content (AvgIpc) is 2.75. The first-order chi connectivity index (χ1) is 14.5. The molecule has 156 valence electrons. The monoisotopic (exact) mass is 410 g/mol. The number of fused-ring (bicyclic) bond motifs is 3. The number of benzene rings is 1. The number of hydrogen-bond donors (Lipinski definition) is 2. The van der Waals surface area contributed by atoms with E-state index in [0.717, 1.165) is 19.3 Å². The first kappa shape index (κ1) is 19.0. The average molecular weight is 410 g/mol. The number of aromatic hydroxyl groups is 1. The van der Waals surface area contributed by atoms with Crippen molar-refractivity contribution in [2.45, 2.75) is 50.0 Å². The van der Waals surface area contributed by atoms with E-state index in [9.17, 15) is 14.3 Å². The van der Waals surface area contributed by atoms with Gasteiger partial charge in [0.15, 0.2) is 6.17 Å². The van der Waals surface area contributed by atoms with E-state index in [-0.39, 0.29) is 29.3 Å². The van der Waals surface area contributed by atoms with Crippen LogP contribution in [0.2, 0.25) is 0 Å². The summed E-state index contributed by atoms with van der Waals surface area (Å²) in [5.41, 5.74) is 0.656. The fraction of sp³-hybridized carbons (Fsp3) is 0.409. The van der Waals surface area contributed by atoms with Gasteiger partial charge >= 0.3 is 0 Å². The number of alkyl halides is 1. The topological polar surface area (TPSA) is 89.3 Å². The third-order valence-electron chi connectivity index (χ3n) is 6.16. The fourth-order valence-corrected chi connectivity index (χ4v) is 4.54. The number of pyridine rings is 1. The van der Waals surface area contributed by atoms with Crippen molar-refractivity contribution in [3.8, 4) is 22.9 Å². The maximum absolute atomic E-state index is 14.7. The van der Waals surface area contributed by atoms with E-state index in [0.29, 0.717) is 28.5 Å². The van der Waals surface area contributed by atoms with Gasteiger partial charge in [-0.15, -0.1) is 10.2 Å². The van der Waals surface area contributed by atoms with Crippen LogP contribution in [0.25, 0.3) is 22.0 Å². The number of phenolic OH excluding ortho intramolecular Hbond substituents is 1. The molecule has 5 rings (SSSR count). The number of ether oxygens (including phenoxy) is 1. The van der Waals surface area contributed by atoms with Crippen LogP contribution >= 0.6 is 0 Å². The molecule has 2 aliphatic rings. The highest BCUT2D eigenvalue weighted by molar-refractivity contribution is 5.89. The van der Waals surface area contributed by atoms with E-state index in [4.69, 9.17) is 4.74 Å². The lowest BCUT2D eigenvalue weighted by molar-refractivity contribution is 0.00652. The van der Waals surface area contributed by atoms with Gasteiger partial charge < -0.3 is 19.7 Å². The fourth-order valence-electron chi connectivity index (χ4n) is 4.54. The minimum atomic E-state index is -1.08. The van der Waals surface area contributed by atoms with Gasteiger partial charge in [-0.25, -0.2) is 4.39 Å². The van der Waals surface area contributed by atoms with Gasteiger partial charge in [0.1, 0.15) is 11.9 Å². The Morgan fingerprint density at radius 1 is 1.23 bits per heavy atom. The summed E-state index contributed by atoms with van der Waals surface area (Å²) in [6.07, 6.45) is 3.54. The van der Waals surface area contributed by atoms with Gasteiger partial charge in [-0.2, -0.15) is 0 Å². The van der Waals surface area contributed by atoms with Crippen LogP contribution in [0.5, 0.6) is 11.6 Å². The zero-order valence-electron chi connectivity index (χ0n) is 16.6. The molecule has 0 radical (unpaired) electrons. The van der Waals surface area contributed by atoms with Crippen LogP contribution in [0, 0.1) is 0 Å². The Balaban J connectivity index is 1.41. The van der Waals surface area contributed by atoms with Gasteiger partial charge in [0, 0.05) is 48.8 Å². The van der Waals surface area contributed by atoms with Gasteiger partial charge in [0.2, 0.25) is 5.88 Å². The normalized spacial score (nSPS) is 25.9. The Kier molecular flexibility index (Phi) is 4.66. The summed E-state index contributed by atoms with van der Waals surface area (Å²) >= 11 is 0. The van der Waals surface area contributed by atoms with Gasteiger partial charge in [0.05, 0.1) is 5.69 Å². The predicted octanol–water partition coefficient (Wildman–Crippen LogP) is 2.70. The smallest absolute Gasteiger partial charge is 0.258 e. The maximum atomic E-state index is 14.7. The van der Waals surface area contributed by atoms with Crippen molar-refractivity contribution in [3.05, 3.63) is 46.9 Å². The molecule has 0 saturated carbocycles. The van der Waals surface area contributed by atoms with Gasteiger partial charge in [-0.05, 0) is 42.5 Å². The zero-order chi connectivity index (χ0) is 20.8. The molecule has 7 nitrogen and oxygen atoms in total. The van der Waals surface area contributed by atoms with Crippen LogP contribution in [0.15, 0.2) is 41.3 Å². The molecule has 2 unspecified atom stereocenters. The quantitative estimate of drug-likeness (QED) is 0.690. The van der Waals surface area contributed by atoms with Gasteiger partial charge in [-0.1, -0.05) is 6.42 Å². The molecule has 8 heteroatoms. The SMILES string of the molecule is Cn1ccc2cc(O)c(-c3ccc(O[C@H]4CC5CCCC(N5)[C@H]4F)nn3)cc2c1=O. The second-order valence-corrected chi connectivity index (χ2v) is 8.18. The molecule has 4 atom stereocenters. The van der Waals surface area contributed by atoms with Crippen molar-refractivity contribution in [1.82, 2.24) is 20.1 Å². The molecule has 2 saturated heterocycles. The summed E-state index contributed by atoms with van der Waals surface area (Å²) in [6, 6.07) is 8.33. The zero-order valence-corrected chi connectivity index (χ0v) is 16.6. The summed E-state index contributed by atoms with van der Waals surface area (Å²) in [4.78, 5) is 12.4. The molecule has 1 aromatic carbocycles. The minimum absolute atomic E-state index is 0.00808. The maximum Gasteiger partial charge on any atom is 0.258 e. The molecule has 2 N–H and O–H groups in total. The van der Waals surface area contributed by atoms with Crippen LogP contribution in [-0.4, -0.2) is 44.2 Å². The summed E-state index contributed by atoms with van der Waals surface area (Å²) < 4.78 is 22.0. The van der Waals surface area contributed by atoms with Gasteiger partial charge in [-0.3, -0.25) is 4.79 Å². The van der Waals surface area contributed by atoms with E-state index in [1.54, 1.807) is 43.6 Å². The number of aromatic nitrogens is 3. The Labute approximate surface area is 172 Å². The third-order valence-corrected chi connectivity index (χ3v) is 6.16. The molecule has 2 aromatic heterocycles. The van der Waals surface area contributed by atoms with Crippen molar-refractivity contribution in [2.75, 3.05) is 0 Å². The molecule has 4 heterocycles. The Bertz CT molecular complexity index is 1150. The van der Waals surface area contributed by atoms with E-state index < -0.39 is 12.3 Å². The van der Waals surface area contributed by atoms with Crippen molar-refractivity contribution in [1.29, 1.82) is 0 Å². The second-order valence-electron chi connectivity index (χ2n) is 8.18. The molecule has 0 spiro atoms. The van der Waals surface area contributed by atoms with Crippen molar-refractivity contribution in [2.24, 2.45) is 7.05 Å². The van der Waals surface area contributed by atoms with E-state index in [2.05, 4.69) is 15.5 Å². The molecule has 2 aliphatic heterocycles. The van der Waals surface area contributed by atoms with Crippen molar-refractivity contribution < 1.29 is 14.2 Å². The summed E-state index contributed by atoms with van der Waals surface area (Å²) in [5.74, 6) is 0.260. The van der Waals surface area contributed by atoms with E-state index in [1.807, 2.05) is 0 Å². The second kappa shape index (κ2) is 7.36. The molecule has 3 aromatic rings. The van der Waals surface area contributed by atoms with Crippen LogP contribution in [-0.2, 0) is 7.05 Å². The highest BCUT2D eigenvalue weighted by Crippen LogP contribution is 2.33. The van der Waals surface area contributed by atoms with Gasteiger partial charge in [0.25, 0.3) is 5.56 Å². The lowest BCUT2D eigenvalue weighted by Gasteiger charge is -2.42. The largest absolute Gasteiger partial charge is 0.507 e. The molecular formula is C22H23FN4O3. The van der Waals surface area contributed by atoms with Crippen molar-refractivity contribution >= 4 is 10.8 Å². The summed E-state index contributed by atoms with van der Waals surface area (Å²) in [7, 11) is 1.67. The highest BCUT2D eigenvalue weighted by Gasteiger charge is 2.41. The molecule has 0 aliphatic carbocycles. The number of nitrogens with one attached hydrogen (secondary N) is 1. The third kappa shape index (κ3) is 3.31. The van der Waals surface area contributed by atoms with E-state index in [1.165, 1.54) is 4.57 Å². The Morgan fingerprint density at radius 3 is 2.90 bits per heavy atom. The van der Waals surface area contributed by atoms with E-state index >= 15 is 0 Å². The first-order valence-corrected chi connectivity index (χ1v) is 10.2. The summed E-state index contributed by atoms with van der Waals surface area (Å²) in [6.45, 7) is 0. The Morgan fingerprint density at radius 2 is 2.10 bits per heavy atom. The van der Waals surface area contributed by atoms with Crippen LogP contribution in [0.4, 0.5) is 4.39 Å². The number of halogens is 1.